The summed E-state index contributed by atoms with van der Waals surface area (Å²) in [5.74, 6) is 0.183. The second kappa shape index (κ2) is 7.48. The van der Waals surface area contributed by atoms with Gasteiger partial charge in [0, 0.05) is 9.50 Å². The molecule has 0 heterocycles. The van der Waals surface area contributed by atoms with Gasteiger partial charge in [0.2, 0.25) is 0 Å². The zero-order valence-corrected chi connectivity index (χ0v) is 13.8. The van der Waals surface area contributed by atoms with Gasteiger partial charge >= 0.3 is 5.97 Å². The number of aryl methyl sites for hydroxylation is 1. The Kier molecular flexibility index (Phi) is 5.65. The Labute approximate surface area is 137 Å². The molecule has 0 aliphatic heterocycles. The van der Waals surface area contributed by atoms with E-state index in [0.717, 1.165) is 15.6 Å². The predicted molar refractivity (Wildman–Crippen MR) is 85.6 cm³/mol. The third-order valence-electron chi connectivity index (χ3n) is 2.80. The van der Waals surface area contributed by atoms with Gasteiger partial charge in [0.1, 0.15) is 12.4 Å². The van der Waals surface area contributed by atoms with Crippen molar-refractivity contribution in [3.05, 3.63) is 63.1 Å². The van der Waals surface area contributed by atoms with E-state index in [9.17, 15) is 4.79 Å². The van der Waals surface area contributed by atoms with Crippen molar-refractivity contribution in [1.29, 1.82) is 0 Å². The molecule has 0 atom stereocenters. The van der Waals surface area contributed by atoms with Crippen molar-refractivity contribution in [2.24, 2.45) is 0 Å². The Balaban J connectivity index is 1.79. The quantitative estimate of drug-likeness (QED) is 0.726. The first kappa shape index (κ1) is 15.9. The van der Waals surface area contributed by atoms with Crippen LogP contribution in [0.5, 0.6) is 5.75 Å². The summed E-state index contributed by atoms with van der Waals surface area (Å²) in [5, 5.41) is 0.667. The van der Waals surface area contributed by atoms with Crippen molar-refractivity contribution in [1.82, 2.24) is 0 Å². The van der Waals surface area contributed by atoms with Crippen molar-refractivity contribution >= 4 is 33.5 Å². The van der Waals surface area contributed by atoms with Gasteiger partial charge < -0.3 is 9.47 Å². The fourth-order valence-corrected chi connectivity index (χ4v) is 2.02. The van der Waals surface area contributed by atoms with Crippen molar-refractivity contribution in [3.8, 4) is 5.75 Å². The fraction of sp³-hybridized carbons (Fsp3) is 0.188. The van der Waals surface area contributed by atoms with E-state index < -0.39 is 5.97 Å². The predicted octanol–water partition coefficient (Wildman–Crippen LogP) is 4.53. The lowest BCUT2D eigenvalue weighted by molar-refractivity contribution is -0.147. The normalized spacial score (nSPS) is 10.2. The summed E-state index contributed by atoms with van der Waals surface area (Å²) in [4.78, 5) is 11.6. The van der Waals surface area contributed by atoms with Crippen molar-refractivity contribution in [2.75, 3.05) is 6.61 Å². The van der Waals surface area contributed by atoms with Crippen molar-refractivity contribution < 1.29 is 14.3 Å². The fourth-order valence-electron chi connectivity index (χ4n) is 1.64. The van der Waals surface area contributed by atoms with Gasteiger partial charge in [-0.15, -0.1) is 0 Å². The van der Waals surface area contributed by atoms with Crippen LogP contribution in [0, 0.1) is 6.92 Å². The molecule has 5 heteroatoms. The van der Waals surface area contributed by atoms with E-state index in [0.29, 0.717) is 10.8 Å². The van der Waals surface area contributed by atoms with Gasteiger partial charge in [-0.3, -0.25) is 0 Å². The van der Waals surface area contributed by atoms with Crippen molar-refractivity contribution in [3.63, 3.8) is 0 Å². The molecular formula is C16H14BrClO3. The van der Waals surface area contributed by atoms with E-state index in [1.165, 1.54) is 0 Å². The highest BCUT2D eigenvalue weighted by molar-refractivity contribution is 9.10. The van der Waals surface area contributed by atoms with Gasteiger partial charge in [0.05, 0.1) is 0 Å². The SMILES string of the molecule is Cc1cc(OCC(=O)OCc2ccc(Br)cc2)ccc1Cl. The minimum atomic E-state index is -0.412. The summed E-state index contributed by atoms with van der Waals surface area (Å²) in [6, 6.07) is 12.8. The molecule has 2 rings (SSSR count). The van der Waals surface area contributed by atoms with Crippen LogP contribution in [-0.2, 0) is 16.1 Å². The summed E-state index contributed by atoms with van der Waals surface area (Å²) in [7, 11) is 0. The summed E-state index contributed by atoms with van der Waals surface area (Å²) in [6.07, 6.45) is 0. The van der Waals surface area contributed by atoms with Gasteiger partial charge in [-0.2, -0.15) is 0 Å². The maximum atomic E-state index is 11.6. The number of ether oxygens (including phenoxy) is 2. The van der Waals surface area contributed by atoms with Crippen LogP contribution in [0.4, 0.5) is 0 Å². The van der Waals surface area contributed by atoms with E-state index in [1.54, 1.807) is 18.2 Å². The Morgan fingerprint density at radius 1 is 1.19 bits per heavy atom. The Morgan fingerprint density at radius 3 is 2.57 bits per heavy atom. The first-order valence-corrected chi connectivity index (χ1v) is 7.51. The van der Waals surface area contributed by atoms with Gasteiger partial charge in [0.25, 0.3) is 0 Å². The van der Waals surface area contributed by atoms with E-state index >= 15 is 0 Å². The van der Waals surface area contributed by atoms with Crippen LogP contribution in [0.15, 0.2) is 46.9 Å². The van der Waals surface area contributed by atoms with E-state index in [2.05, 4.69) is 15.9 Å². The summed E-state index contributed by atoms with van der Waals surface area (Å²) in [6.45, 7) is 1.98. The van der Waals surface area contributed by atoms with Crippen LogP contribution in [-0.4, -0.2) is 12.6 Å². The number of benzene rings is 2. The average Bonchev–Trinajstić information content (AvgIpc) is 2.48. The lowest BCUT2D eigenvalue weighted by Crippen LogP contribution is -2.14. The lowest BCUT2D eigenvalue weighted by Gasteiger charge is -2.08. The average molecular weight is 370 g/mol. The molecule has 21 heavy (non-hydrogen) atoms. The molecule has 0 aliphatic rings. The molecule has 0 radical (unpaired) electrons. The van der Waals surface area contributed by atoms with E-state index in [1.807, 2.05) is 31.2 Å². The molecule has 0 amide bonds. The van der Waals surface area contributed by atoms with Crippen LogP contribution in [0.2, 0.25) is 5.02 Å². The molecule has 0 spiro atoms. The number of halogens is 2. The molecule has 0 saturated carbocycles. The van der Waals surface area contributed by atoms with Crippen LogP contribution in [0.1, 0.15) is 11.1 Å². The first-order valence-electron chi connectivity index (χ1n) is 6.33. The van der Waals surface area contributed by atoms with Gasteiger partial charge in [-0.25, -0.2) is 4.79 Å². The molecule has 0 unspecified atom stereocenters. The summed E-state index contributed by atoms with van der Waals surface area (Å²) < 4.78 is 11.5. The highest BCUT2D eigenvalue weighted by atomic mass is 79.9. The smallest absolute Gasteiger partial charge is 0.344 e. The van der Waals surface area contributed by atoms with Crippen LogP contribution in [0.25, 0.3) is 0 Å². The minimum Gasteiger partial charge on any atom is -0.482 e. The van der Waals surface area contributed by atoms with Crippen molar-refractivity contribution in [2.45, 2.75) is 13.5 Å². The first-order chi connectivity index (χ1) is 10.0. The van der Waals surface area contributed by atoms with Crippen LogP contribution < -0.4 is 4.74 Å². The van der Waals surface area contributed by atoms with Gasteiger partial charge in [-0.05, 0) is 48.4 Å². The zero-order valence-electron chi connectivity index (χ0n) is 11.4. The molecule has 0 aliphatic carbocycles. The lowest BCUT2D eigenvalue weighted by atomic mass is 10.2. The third kappa shape index (κ3) is 5.06. The van der Waals surface area contributed by atoms with Gasteiger partial charge in [0.15, 0.2) is 6.61 Å². The number of hydrogen-bond acceptors (Lipinski definition) is 3. The molecule has 0 bridgehead atoms. The molecule has 0 N–H and O–H groups in total. The van der Waals surface area contributed by atoms with Gasteiger partial charge in [-0.1, -0.05) is 39.7 Å². The highest BCUT2D eigenvalue weighted by Gasteiger charge is 2.06. The third-order valence-corrected chi connectivity index (χ3v) is 3.75. The summed E-state index contributed by atoms with van der Waals surface area (Å²) in [5.41, 5.74) is 1.83. The number of rotatable bonds is 5. The van der Waals surface area contributed by atoms with E-state index in [4.69, 9.17) is 21.1 Å². The second-order valence-electron chi connectivity index (χ2n) is 4.49. The molecule has 0 aromatic heterocycles. The molecule has 110 valence electrons. The Bertz CT molecular complexity index is 626. The Hall–Kier alpha value is -1.52. The molecular weight excluding hydrogens is 356 g/mol. The number of hydrogen-bond donors (Lipinski definition) is 0. The molecule has 0 saturated heterocycles. The minimum absolute atomic E-state index is 0.127. The maximum absolute atomic E-state index is 11.6. The number of carbonyl (C=O) groups is 1. The molecule has 2 aromatic carbocycles. The molecule has 3 nitrogen and oxygen atoms in total. The zero-order chi connectivity index (χ0) is 15.2. The number of carbonyl (C=O) groups excluding carboxylic acids is 1. The monoisotopic (exact) mass is 368 g/mol. The second-order valence-corrected chi connectivity index (χ2v) is 5.81. The maximum Gasteiger partial charge on any atom is 0.344 e. The topological polar surface area (TPSA) is 35.5 Å². The van der Waals surface area contributed by atoms with E-state index in [-0.39, 0.29) is 13.2 Å². The standard InChI is InChI=1S/C16H14BrClO3/c1-11-8-14(6-7-15(11)18)20-10-16(19)21-9-12-2-4-13(17)5-3-12/h2-8H,9-10H2,1H3. The highest BCUT2D eigenvalue weighted by Crippen LogP contribution is 2.21. The Morgan fingerprint density at radius 2 is 1.90 bits per heavy atom. The van der Waals surface area contributed by atoms with Crippen LogP contribution >= 0.6 is 27.5 Å². The summed E-state index contributed by atoms with van der Waals surface area (Å²) >= 11 is 9.27. The van der Waals surface area contributed by atoms with Crippen LogP contribution in [0.3, 0.4) is 0 Å². The molecule has 2 aromatic rings. The largest absolute Gasteiger partial charge is 0.482 e. The number of esters is 1. The molecule has 0 fully saturated rings.